The summed E-state index contributed by atoms with van der Waals surface area (Å²) in [5.41, 5.74) is 0.671. The molecule has 0 radical (unpaired) electrons. The van der Waals surface area contributed by atoms with Gasteiger partial charge in [-0.25, -0.2) is 8.42 Å². The predicted molar refractivity (Wildman–Crippen MR) is 74.6 cm³/mol. The summed E-state index contributed by atoms with van der Waals surface area (Å²) < 4.78 is 31.5. The number of hydrogen-bond donors (Lipinski definition) is 1. The molecule has 1 saturated heterocycles. The zero-order valence-corrected chi connectivity index (χ0v) is 12.1. The van der Waals surface area contributed by atoms with Gasteiger partial charge in [0.1, 0.15) is 6.61 Å². The molecule has 1 aromatic rings. The first kappa shape index (κ1) is 15.0. The Bertz CT molecular complexity index is 607. The molecule has 0 bridgehead atoms. The van der Waals surface area contributed by atoms with Crippen LogP contribution in [0.4, 0.5) is 0 Å². The molecule has 1 aliphatic rings. The van der Waals surface area contributed by atoms with Gasteiger partial charge in [0.25, 0.3) is 0 Å². The lowest BCUT2D eigenvalue weighted by molar-refractivity contribution is 0.181. The van der Waals surface area contributed by atoms with E-state index < -0.39 is 10.0 Å². The summed E-state index contributed by atoms with van der Waals surface area (Å²) in [5, 5.41) is 8.62. The second-order valence-electron chi connectivity index (χ2n) is 4.52. The Morgan fingerprint density at radius 2 is 2.10 bits per heavy atom. The topological polar surface area (TPSA) is 66.8 Å². The largest absolute Gasteiger partial charge is 0.384 e. The van der Waals surface area contributed by atoms with Crippen molar-refractivity contribution in [3.63, 3.8) is 0 Å². The quantitative estimate of drug-likeness (QED) is 0.822. The van der Waals surface area contributed by atoms with Crippen molar-refractivity contribution < 1.29 is 18.3 Å². The van der Waals surface area contributed by atoms with Crippen LogP contribution in [0.25, 0.3) is 0 Å². The first-order valence-electron chi connectivity index (χ1n) is 6.31. The van der Waals surface area contributed by atoms with E-state index in [1.54, 1.807) is 19.2 Å². The van der Waals surface area contributed by atoms with Gasteiger partial charge in [0, 0.05) is 19.2 Å². The second kappa shape index (κ2) is 6.37. The van der Waals surface area contributed by atoms with Crippen molar-refractivity contribution in [3.8, 4) is 11.8 Å². The van der Waals surface area contributed by atoms with Crippen molar-refractivity contribution in [2.75, 3.05) is 26.9 Å². The summed E-state index contributed by atoms with van der Waals surface area (Å²) in [5.74, 6) is 5.25. The van der Waals surface area contributed by atoms with Gasteiger partial charge < -0.3 is 9.84 Å². The Morgan fingerprint density at radius 1 is 1.40 bits per heavy atom. The highest BCUT2D eigenvalue weighted by Crippen LogP contribution is 2.21. The van der Waals surface area contributed by atoms with Crippen LogP contribution in [0.15, 0.2) is 29.2 Å². The molecule has 0 aromatic heterocycles. The van der Waals surface area contributed by atoms with Crippen LogP contribution in [0.5, 0.6) is 0 Å². The number of rotatable bonds is 3. The molecule has 20 heavy (non-hydrogen) atoms. The minimum Gasteiger partial charge on any atom is -0.384 e. The van der Waals surface area contributed by atoms with Crippen LogP contribution in [-0.2, 0) is 14.8 Å². The Labute approximate surface area is 119 Å². The van der Waals surface area contributed by atoms with Crippen LogP contribution in [0.3, 0.4) is 0 Å². The van der Waals surface area contributed by atoms with E-state index in [-0.39, 0.29) is 17.5 Å². The van der Waals surface area contributed by atoms with Crippen LogP contribution in [0, 0.1) is 11.8 Å². The van der Waals surface area contributed by atoms with Crippen molar-refractivity contribution in [2.45, 2.75) is 17.4 Å². The van der Waals surface area contributed by atoms with Gasteiger partial charge in [-0.05, 0) is 30.7 Å². The molecule has 1 N–H and O–H groups in total. The van der Waals surface area contributed by atoms with Crippen LogP contribution in [-0.4, -0.2) is 50.7 Å². The maximum atomic E-state index is 12.4. The van der Waals surface area contributed by atoms with Crippen LogP contribution in [0.2, 0.25) is 0 Å². The molecule has 108 valence electrons. The Hall–Kier alpha value is -1.39. The SMILES string of the molecule is CN(C1CCOC1)S(=O)(=O)c1ccc(C#CCO)cc1. The molecular formula is C14H17NO4S. The fourth-order valence-corrected chi connectivity index (χ4v) is 3.39. The Kier molecular flexibility index (Phi) is 4.78. The lowest BCUT2D eigenvalue weighted by Crippen LogP contribution is -2.37. The lowest BCUT2D eigenvalue weighted by Gasteiger charge is -2.22. The van der Waals surface area contributed by atoms with E-state index in [0.29, 0.717) is 18.8 Å². The maximum absolute atomic E-state index is 12.4. The average Bonchev–Trinajstić information content (AvgIpc) is 2.98. The van der Waals surface area contributed by atoms with Crippen molar-refractivity contribution in [3.05, 3.63) is 29.8 Å². The first-order valence-corrected chi connectivity index (χ1v) is 7.75. The van der Waals surface area contributed by atoms with E-state index in [9.17, 15) is 8.42 Å². The summed E-state index contributed by atoms with van der Waals surface area (Å²) in [6.07, 6.45) is 0.718. The van der Waals surface area contributed by atoms with Gasteiger partial charge in [0.05, 0.1) is 17.5 Å². The van der Waals surface area contributed by atoms with E-state index >= 15 is 0 Å². The van der Waals surface area contributed by atoms with Crippen LogP contribution >= 0.6 is 0 Å². The standard InChI is InChI=1S/C14H17NO4S/c1-15(13-8-10-19-11-13)20(17,18)14-6-4-12(5-7-14)3-2-9-16/h4-7,13,16H,8-11H2,1H3. The number of benzene rings is 1. The van der Waals surface area contributed by atoms with Crippen molar-refractivity contribution in [2.24, 2.45) is 0 Å². The number of nitrogens with zero attached hydrogens (tertiary/aromatic N) is 1. The highest BCUT2D eigenvalue weighted by Gasteiger charge is 2.30. The maximum Gasteiger partial charge on any atom is 0.243 e. The number of hydrogen-bond acceptors (Lipinski definition) is 4. The van der Waals surface area contributed by atoms with E-state index in [0.717, 1.165) is 6.42 Å². The monoisotopic (exact) mass is 295 g/mol. The third-order valence-corrected chi connectivity index (χ3v) is 5.19. The van der Waals surface area contributed by atoms with E-state index in [1.165, 1.54) is 16.4 Å². The van der Waals surface area contributed by atoms with Gasteiger partial charge in [-0.15, -0.1) is 0 Å². The van der Waals surface area contributed by atoms with Crippen LogP contribution < -0.4 is 0 Å². The second-order valence-corrected chi connectivity index (χ2v) is 6.52. The third kappa shape index (κ3) is 3.19. The minimum atomic E-state index is -3.50. The summed E-state index contributed by atoms with van der Waals surface area (Å²) in [4.78, 5) is 0.237. The zero-order valence-electron chi connectivity index (χ0n) is 11.2. The summed E-state index contributed by atoms with van der Waals surface area (Å²) >= 11 is 0. The van der Waals surface area contributed by atoms with Gasteiger partial charge in [0.2, 0.25) is 10.0 Å². The predicted octanol–water partition coefficient (Wildman–Crippen LogP) is 0.440. The number of sulfonamides is 1. The fourth-order valence-electron chi connectivity index (χ4n) is 2.02. The number of ether oxygens (including phenoxy) is 1. The Balaban J connectivity index is 2.20. The lowest BCUT2D eigenvalue weighted by atomic mass is 10.2. The first-order chi connectivity index (χ1) is 9.55. The molecule has 0 aliphatic carbocycles. The minimum absolute atomic E-state index is 0.103. The molecule has 5 nitrogen and oxygen atoms in total. The van der Waals surface area contributed by atoms with Crippen molar-refractivity contribution in [1.82, 2.24) is 4.31 Å². The summed E-state index contributed by atoms with van der Waals surface area (Å²) in [6, 6.07) is 6.23. The average molecular weight is 295 g/mol. The molecule has 1 heterocycles. The van der Waals surface area contributed by atoms with E-state index in [1.807, 2.05) is 0 Å². The fraction of sp³-hybridized carbons (Fsp3) is 0.429. The molecule has 1 fully saturated rings. The summed E-state index contributed by atoms with van der Waals surface area (Å²) in [7, 11) is -1.93. The molecule has 0 spiro atoms. The van der Waals surface area contributed by atoms with Crippen molar-refractivity contribution >= 4 is 10.0 Å². The third-order valence-electron chi connectivity index (χ3n) is 3.26. The number of likely N-dealkylation sites (N-methyl/N-ethyl adjacent to an activating group) is 1. The molecule has 1 aromatic carbocycles. The van der Waals surface area contributed by atoms with Gasteiger partial charge >= 0.3 is 0 Å². The van der Waals surface area contributed by atoms with E-state index in [2.05, 4.69) is 11.8 Å². The van der Waals surface area contributed by atoms with Gasteiger partial charge in [-0.2, -0.15) is 4.31 Å². The molecule has 6 heteroatoms. The van der Waals surface area contributed by atoms with Gasteiger partial charge in [0.15, 0.2) is 0 Å². The molecule has 1 aliphatic heterocycles. The molecule has 2 rings (SSSR count). The van der Waals surface area contributed by atoms with Crippen LogP contribution in [0.1, 0.15) is 12.0 Å². The summed E-state index contributed by atoms with van der Waals surface area (Å²) in [6.45, 7) is 0.820. The smallest absolute Gasteiger partial charge is 0.243 e. The van der Waals surface area contributed by atoms with Gasteiger partial charge in [-0.3, -0.25) is 0 Å². The Morgan fingerprint density at radius 3 is 2.65 bits per heavy atom. The molecule has 0 saturated carbocycles. The highest BCUT2D eigenvalue weighted by molar-refractivity contribution is 7.89. The van der Waals surface area contributed by atoms with E-state index in [4.69, 9.17) is 9.84 Å². The normalized spacial score (nSPS) is 18.9. The molecule has 0 amide bonds. The molecular weight excluding hydrogens is 278 g/mol. The van der Waals surface area contributed by atoms with Gasteiger partial charge in [-0.1, -0.05) is 11.8 Å². The number of aliphatic hydroxyl groups excluding tert-OH is 1. The molecule has 1 unspecified atom stereocenters. The number of aliphatic hydroxyl groups is 1. The molecule has 1 atom stereocenters. The van der Waals surface area contributed by atoms with Crippen molar-refractivity contribution in [1.29, 1.82) is 0 Å². The zero-order chi connectivity index (χ0) is 14.6. The highest BCUT2D eigenvalue weighted by atomic mass is 32.2.